The summed E-state index contributed by atoms with van der Waals surface area (Å²) in [5.41, 5.74) is 2.16. The third-order valence-electron chi connectivity index (χ3n) is 5.74. The molecule has 32 heavy (non-hydrogen) atoms. The molecule has 0 aliphatic carbocycles. The van der Waals surface area contributed by atoms with Gasteiger partial charge in [0.25, 0.3) is 0 Å². The molecule has 6 nitrogen and oxygen atoms in total. The number of hydrogen-bond donors (Lipinski definition) is 0. The molecule has 0 amide bonds. The Morgan fingerprint density at radius 1 is 1.22 bits per heavy atom. The van der Waals surface area contributed by atoms with Crippen molar-refractivity contribution in [3.05, 3.63) is 53.9 Å². The van der Waals surface area contributed by atoms with Crippen molar-refractivity contribution in [2.75, 3.05) is 24.6 Å². The molecular formula is C23H25F2N3O3S. The van der Waals surface area contributed by atoms with E-state index in [2.05, 4.69) is 4.98 Å². The van der Waals surface area contributed by atoms with Crippen molar-refractivity contribution < 1.29 is 22.5 Å². The van der Waals surface area contributed by atoms with Gasteiger partial charge in [-0.05, 0) is 49.1 Å². The van der Waals surface area contributed by atoms with Gasteiger partial charge in [-0.25, -0.2) is 9.19 Å². The smallest absolute Gasteiger partial charge is 0.302 e. The first-order valence-corrected chi connectivity index (χ1v) is 11.6. The first kappa shape index (κ1) is 22.5. The monoisotopic (exact) mass is 461 g/mol. The lowest BCUT2D eigenvalue weighted by molar-refractivity contribution is 0.00222. The Hall–Kier alpha value is -2.65. The van der Waals surface area contributed by atoms with Gasteiger partial charge in [-0.15, -0.1) is 0 Å². The zero-order chi connectivity index (χ0) is 22.9. The average molecular weight is 462 g/mol. The van der Waals surface area contributed by atoms with Crippen LogP contribution in [0.15, 0.2) is 47.4 Å². The number of hydrogen-bond acceptors (Lipinski definition) is 4. The molecule has 1 unspecified atom stereocenters. The Labute approximate surface area is 187 Å². The number of ether oxygens (including phenoxy) is 1. The van der Waals surface area contributed by atoms with Crippen molar-refractivity contribution in [3.63, 3.8) is 0 Å². The molecular weight excluding hydrogens is 436 g/mol. The summed E-state index contributed by atoms with van der Waals surface area (Å²) in [6.07, 6.45) is 2.39. The van der Waals surface area contributed by atoms with Crippen molar-refractivity contribution in [1.29, 1.82) is 0 Å². The molecule has 9 heteroatoms. The highest BCUT2D eigenvalue weighted by Crippen LogP contribution is 2.33. The molecule has 170 valence electrons. The summed E-state index contributed by atoms with van der Waals surface area (Å²) in [7, 11) is 0.133. The van der Waals surface area contributed by atoms with E-state index in [1.165, 1.54) is 0 Å². The van der Waals surface area contributed by atoms with Gasteiger partial charge in [0.15, 0.2) is 16.8 Å². The minimum atomic E-state index is -3.08. The Morgan fingerprint density at radius 3 is 2.53 bits per heavy atom. The number of benzene rings is 2. The van der Waals surface area contributed by atoms with Crippen LogP contribution in [0.1, 0.15) is 35.9 Å². The van der Waals surface area contributed by atoms with Gasteiger partial charge in [-0.3, -0.25) is 9.10 Å². The predicted octanol–water partition coefficient (Wildman–Crippen LogP) is 4.55. The van der Waals surface area contributed by atoms with Gasteiger partial charge in [0.1, 0.15) is 6.29 Å². The van der Waals surface area contributed by atoms with Crippen LogP contribution in [0.4, 0.5) is 14.5 Å². The predicted molar refractivity (Wildman–Crippen MR) is 119 cm³/mol. The highest BCUT2D eigenvalue weighted by atomic mass is 32.2. The molecule has 1 aliphatic rings. The van der Waals surface area contributed by atoms with Crippen LogP contribution in [0.2, 0.25) is 0 Å². The fourth-order valence-corrected chi connectivity index (χ4v) is 4.93. The molecule has 1 fully saturated rings. The van der Waals surface area contributed by atoms with Crippen molar-refractivity contribution in [2.24, 2.45) is 5.92 Å². The van der Waals surface area contributed by atoms with Crippen LogP contribution in [-0.2, 0) is 28.2 Å². The van der Waals surface area contributed by atoms with E-state index in [4.69, 9.17) is 4.74 Å². The summed E-state index contributed by atoms with van der Waals surface area (Å²) in [6.45, 7) is 2.61. The lowest BCUT2D eigenvalue weighted by atomic mass is 10.00. The van der Waals surface area contributed by atoms with Crippen LogP contribution in [-0.4, -0.2) is 40.3 Å². The summed E-state index contributed by atoms with van der Waals surface area (Å²) in [6, 6.07) is 11.7. The number of aromatic nitrogens is 2. The lowest BCUT2D eigenvalue weighted by Crippen LogP contribution is -2.24. The summed E-state index contributed by atoms with van der Waals surface area (Å²) in [4.78, 5) is 15.6. The average Bonchev–Trinajstić information content (AvgIpc) is 3.17. The molecule has 1 saturated heterocycles. The van der Waals surface area contributed by atoms with E-state index in [1.54, 1.807) is 58.4 Å². The zero-order valence-electron chi connectivity index (χ0n) is 18.0. The molecule has 0 N–H and O–H groups in total. The number of imidazole rings is 1. The van der Waals surface area contributed by atoms with Crippen LogP contribution < -0.4 is 4.31 Å². The third-order valence-corrected chi connectivity index (χ3v) is 7.12. The maximum atomic E-state index is 14.4. The SMILES string of the molecule is CN(c1ccc2c(c1)nc(C(C)(F)F)n2CC1CCOCC1)S(=O)c1ccc(C=O)cc1. The van der Waals surface area contributed by atoms with Gasteiger partial charge in [0, 0.05) is 39.3 Å². The molecule has 1 aliphatic heterocycles. The number of rotatable bonds is 7. The molecule has 0 radical (unpaired) electrons. The maximum absolute atomic E-state index is 14.4. The second kappa shape index (κ2) is 9.07. The third kappa shape index (κ3) is 4.59. The molecule has 3 aromatic rings. The van der Waals surface area contributed by atoms with E-state index in [0.29, 0.717) is 46.9 Å². The quantitative estimate of drug-likeness (QED) is 0.485. The van der Waals surface area contributed by atoms with E-state index in [0.717, 1.165) is 26.1 Å². The molecule has 1 atom stereocenters. The van der Waals surface area contributed by atoms with Crippen molar-refractivity contribution in [1.82, 2.24) is 9.55 Å². The van der Waals surface area contributed by atoms with Crippen molar-refractivity contribution in [3.8, 4) is 0 Å². The Kier molecular flexibility index (Phi) is 6.39. The van der Waals surface area contributed by atoms with Gasteiger partial charge in [-0.2, -0.15) is 8.78 Å². The number of aldehydes is 1. The number of halogens is 2. The van der Waals surface area contributed by atoms with Gasteiger partial charge in [-0.1, -0.05) is 12.1 Å². The van der Waals surface area contributed by atoms with Crippen LogP contribution in [0.3, 0.4) is 0 Å². The number of fused-ring (bicyclic) bond motifs is 1. The summed E-state index contributed by atoms with van der Waals surface area (Å²) in [5, 5.41) is 0. The molecule has 2 heterocycles. The van der Waals surface area contributed by atoms with E-state index >= 15 is 0 Å². The van der Waals surface area contributed by atoms with Gasteiger partial charge >= 0.3 is 5.92 Å². The number of carbonyl (C=O) groups is 1. The molecule has 2 aromatic carbocycles. The Balaban J connectivity index is 1.67. The Morgan fingerprint density at radius 2 is 1.91 bits per heavy atom. The van der Waals surface area contributed by atoms with Crippen LogP contribution >= 0.6 is 0 Å². The molecule has 0 bridgehead atoms. The minimum absolute atomic E-state index is 0.256. The van der Waals surface area contributed by atoms with Gasteiger partial charge in [0.2, 0.25) is 0 Å². The van der Waals surface area contributed by atoms with E-state index < -0.39 is 16.9 Å². The van der Waals surface area contributed by atoms with Crippen molar-refractivity contribution in [2.45, 2.75) is 37.1 Å². The van der Waals surface area contributed by atoms with Crippen LogP contribution in [0.25, 0.3) is 11.0 Å². The second-order valence-electron chi connectivity index (χ2n) is 8.10. The van der Waals surface area contributed by atoms with Crippen molar-refractivity contribution >= 4 is 34.0 Å². The molecule has 4 rings (SSSR count). The van der Waals surface area contributed by atoms with Gasteiger partial charge < -0.3 is 9.30 Å². The second-order valence-corrected chi connectivity index (χ2v) is 9.61. The first-order valence-electron chi connectivity index (χ1n) is 10.4. The number of nitrogens with zero attached hydrogens (tertiary/aromatic N) is 3. The first-order chi connectivity index (χ1) is 15.3. The largest absolute Gasteiger partial charge is 0.381 e. The zero-order valence-corrected chi connectivity index (χ0v) is 18.8. The Bertz CT molecular complexity index is 1140. The molecule has 1 aromatic heterocycles. The van der Waals surface area contributed by atoms with Crippen LogP contribution in [0.5, 0.6) is 0 Å². The fourth-order valence-electron chi connectivity index (χ4n) is 3.94. The maximum Gasteiger partial charge on any atom is 0.302 e. The van der Waals surface area contributed by atoms with E-state index in [9.17, 15) is 17.8 Å². The number of anilines is 1. The highest BCUT2D eigenvalue weighted by molar-refractivity contribution is 7.86. The fraction of sp³-hybridized carbons (Fsp3) is 0.391. The lowest BCUT2D eigenvalue weighted by Gasteiger charge is -2.24. The number of carbonyl (C=O) groups excluding carboxylic acids is 1. The molecule has 0 saturated carbocycles. The van der Waals surface area contributed by atoms with Crippen LogP contribution in [0, 0.1) is 5.92 Å². The number of alkyl halides is 2. The van der Waals surface area contributed by atoms with Gasteiger partial charge in [0.05, 0.1) is 21.6 Å². The highest BCUT2D eigenvalue weighted by Gasteiger charge is 2.33. The topological polar surface area (TPSA) is 64.4 Å². The summed E-state index contributed by atoms with van der Waals surface area (Å²) in [5.74, 6) is -3.09. The standard InChI is InChI=1S/C23H25F2N3O3S/c1-23(24,25)22-26-20-13-18(27(2)32(30)19-6-3-17(15-29)4-7-19)5-8-21(20)28(22)14-16-9-11-31-12-10-16/h3-8,13,15-16H,9-12,14H2,1-2H3. The summed E-state index contributed by atoms with van der Waals surface area (Å²) >= 11 is 0. The van der Waals surface area contributed by atoms with E-state index in [1.807, 2.05) is 0 Å². The normalized spacial score (nSPS) is 16.2. The minimum Gasteiger partial charge on any atom is -0.381 e. The summed E-state index contributed by atoms with van der Waals surface area (Å²) < 4.78 is 50.3. The van der Waals surface area contributed by atoms with E-state index in [-0.39, 0.29) is 11.7 Å². The molecule has 0 spiro atoms.